The van der Waals surface area contributed by atoms with Crippen LogP contribution in [0.25, 0.3) is 0 Å². The maximum absolute atomic E-state index is 11.1. The number of nitrogens with one attached hydrogen (secondary N) is 1. The molecule has 0 heterocycles. The zero-order chi connectivity index (χ0) is 14.6. The van der Waals surface area contributed by atoms with Crippen molar-refractivity contribution in [3.63, 3.8) is 0 Å². The van der Waals surface area contributed by atoms with Gasteiger partial charge < -0.3 is 10.2 Å². The second-order valence-corrected chi connectivity index (χ2v) is 5.63. The number of phenols is 1. The molecule has 1 aromatic rings. The number of carboxylic acid groups (broad SMARTS) is 1. The third-order valence-electron chi connectivity index (χ3n) is 2.56. The molecule has 0 aliphatic heterocycles. The Kier molecular flexibility index (Phi) is 5.03. The molecular weight excluding hydrogens is 268 g/mol. The minimum Gasteiger partial charge on any atom is -0.508 e. The molecule has 19 heavy (non-hydrogen) atoms. The summed E-state index contributed by atoms with van der Waals surface area (Å²) in [5, 5.41) is 20.0. The number of hydrogen-bond donors (Lipinski definition) is 3. The predicted molar refractivity (Wildman–Crippen MR) is 74.4 cm³/mol. The van der Waals surface area contributed by atoms with E-state index in [1.165, 1.54) is 11.1 Å². The van der Waals surface area contributed by atoms with Crippen LogP contribution in [-0.4, -0.2) is 33.4 Å². The fourth-order valence-electron chi connectivity index (χ4n) is 1.63. The van der Waals surface area contributed by atoms with Crippen LogP contribution >= 0.6 is 11.6 Å². The van der Waals surface area contributed by atoms with Gasteiger partial charge in [-0.25, -0.2) is 15.2 Å². The Labute approximate surface area is 117 Å². The molecule has 0 bridgehead atoms. The first-order valence-electron chi connectivity index (χ1n) is 5.96. The summed E-state index contributed by atoms with van der Waals surface area (Å²) >= 11 is 5.98. The van der Waals surface area contributed by atoms with Gasteiger partial charge in [-0.15, -0.1) is 0 Å². The summed E-state index contributed by atoms with van der Waals surface area (Å²) in [6.07, 6.45) is -0.455. The van der Waals surface area contributed by atoms with Crippen molar-refractivity contribution in [3.05, 3.63) is 28.8 Å². The van der Waals surface area contributed by atoms with Crippen molar-refractivity contribution in [2.24, 2.45) is 0 Å². The van der Waals surface area contributed by atoms with E-state index >= 15 is 0 Å². The van der Waals surface area contributed by atoms with Gasteiger partial charge in [0, 0.05) is 11.6 Å². The lowest BCUT2D eigenvalue weighted by atomic mass is 10.1. The van der Waals surface area contributed by atoms with Crippen LogP contribution in [0.15, 0.2) is 18.2 Å². The number of hydrogen-bond acceptors (Lipinski definition) is 3. The van der Waals surface area contributed by atoms with Crippen LogP contribution in [0.4, 0.5) is 4.79 Å². The van der Waals surface area contributed by atoms with Crippen LogP contribution in [0.3, 0.4) is 0 Å². The topological polar surface area (TPSA) is 72.8 Å². The molecule has 0 fully saturated rings. The Morgan fingerprint density at radius 3 is 2.53 bits per heavy atom. The summed E-state index contributed by atoms with van der Waals surface area (Å²) in [5.41, 5.74) is 3.19. The van der Waals surface area contributed by atoms with Crippen LogP contribution < -0.4 is 5.43 Å². The Morgan fingerprint density at radius 1 is 1.42 bits per heavy atom. The van der Waals surface area contributed by atoms with Gasteiger partial charge in [-0.1, -0.05) is 17.7 Å². The molecule has 0 aliphatic carbocycles. The van der Waals surface area contributed by atoms with Gasteiger partial charge in [0.25, 0.3) is 0 Å². The van der Waals surface area contributed by atoms with Gasteiger partial charge in [-0.3, -0.25) is 0 Å². The summed E-state index contributed by atoms with van der Waals surface area (Å²) in [6, 6.07) is 4.75. The SMILES string of the molecule is CC(C)(C)N(NCCc1ccc(O)cc1Cl)C(=O)O. The van der Waals surface area contributed by atoms with Crippen LogP contribution in [0.5, 0.6) is 5.75 Å². The average Bonchev–Trinajstić information content (AvgIpc) is 2.24. The lowest BCUT2D eigenvalue weighted by Gasteiger charge is -2.33. The minimum absolute atomic E-state index is 0.114. The van der Waals surface area contributed by atoms with Gasteiger partial charge >= 0.3 is 6.09 Å². The molecule has 0 aliphatic rings. The quantitative estimate of drug-likeness (QED) is 0.744. The molecule has 0 unspecified atom stereocenters. The van der Waals surface area contributed by atoms with Gasteiger partial charge in [-0.2, -0.15) is 0 Å². The van der Waals surface area contributed by atoms with Crippen molar-refractivity contribution < 1.29 is 15.0 Å². The molecule has 3 N–H and O–H groups in total. The molecule has 5 nitrogen and oxygen atoms in total. The molecule has 0 radical (unpaired) electrons. The van der Waals surface area contributed by atoms with Gasteiger partial charge in [0.05, 0.1) is 5.54 Å². The van der Waals surface area contributed by atoms with Gasteiger partial charge in [0.15, 0.2) is 0 Å². The molecule has 1 aromatic carbocycles. The summed E-state index contributed by atoms with van der Waals surface area (Å²) in [7, 11) is 0. The molecule has 0 spiro atoms. The number of nitrogens with zero attached hydrogens (tertiary/aromatic N) is 1. The lowest BCUT2D eigenvalue weighted by Crippen LogP contribution is -2.53. The number of aromatic hydroxyl groups is 1. The highest BCUT2D eigenvalue weighted by atomic mass is 35.5. The monoisotopic (exact) mass is 286 g/mol. The number of carbonyl (C=O) groups is 1. The molecule has 1 amide bonds. The predicted octanol–water partition coefficient (Wildman–Crippen LogP) is 2.87. The van der Waals surface area contributed by atoms with Crippen molar-refractivity contribution in [2.45, 2.75) is 32.7 Å². The molecule has 0 saturated carbocycles. The number of hydrazine groups is 1. The van der Waals surface area contributed by atoms with Gasteiger partial charge in [-0.05, 0) is 44.9 Å². The fraction of sp³-hybridized carbons (Fsp3) is 0.462. The van der Waals surface area contributed by atoms with E-state index in [1.807, 2.05) is 20.8 Å². The highest BCUT2D eigenvalue weighted by Crippen LogP contribution is 2.21. The van der Waals surface area contributed by atoms with E-state index in [1.54, 1.807) is 12.1 Å². The molecule has 106 valence electrons. The molecule has 6 heteroatoms. The third kappa shape index (κ3) is 4.61. The van der Waals surface area contributed by atoms with Crippen molar-refractivity contribution in [3.8, 4) is 5.75 Å². The second kappa shape index (κ2) is 6.12. The fourth-order valence-corrected chi connectivity index (χ4v) is 1.90. The van der Waals surface area contributed by atoms with Gasteiger partial charge in [0.1, 0.15) is 5.75 Å². The van der Waals surface area contributed by atoms with E-state index in [0.29, 0.717) is 18.0 Å². The normalized spacial score (nSPS) is 11.4. The van der Waals surface area contributed by atoms with E-state index in [2.05, 4.69) is 5.43 Å². The average molecular weight is 287 g/mol. The Bertz CT molecular complexity index is 458. The number of halogens is 1. The first-order valence-corrected chi connectivity index (χ1v) is 6.33. The zero-order valence-corrected chi connectivity index (χ0v) is 12.0. The molecule has 0 aromatic heterocycles. The Morgan fingerprint density at radius 2 is 2.05 bits per heavy atom. The van der Waals surface area contributed by atoms with E-state index < -0.39 is 11.6 Å². The Hall–Kier alpha value is -1.46. The maximum Gasteiger partial charge on any atom is 0.422 e. The van der Waals surface area contributed by atoms with Crippen LogP contribution in [-0.2, 0) is 6.42 Å². The second-order valence-electron chi connectivity index (χ2n) is 5.22. The van der Waals surface area contributed by atoms with Crippen LogP contribution in [0, 0.1) is 0 Å². The summed E-state index contributed by atoms with van der Waals surface area (Å²) < 4.78 is 0. The number of benzene rings is 1. The minimum atomic E-state index is -1.02. The van der Waals surface area contributed by atoms with Crippen LogP contribution in [0.2, 0.25) is 5.02 Å². The van der Waals surface area contributed by atoms with Crippen molar-refractivity contribution in [1.82, 2.24) is 10.4 Å². The first-order chi connectivity index (χ1) is 8.71. The zero-order valence-electron chi connectivity index (χ0n) is 11.3. The standard InChI is InChI=1S/C13H19ClN2O3/c1-13(2,3)16(12(18)19)15-7-6-9-4-5-10(17)8-11(9)14/h4-5,8,15,17H,6-7H2,1-3H3,(H,18,19). The maximum atomic E-state index is 11.1. The highest BCUT2D eigenvalue weighted by molar-refractivity contribution is 6.31. The summed E-state index contributed by atoms with van der Waals surface area (Å²) in [4.78, 5) is 11.1. The molecule has 0 atom stereocenters. The smallest absolute Gasteiger partial charge is 0.422 e. The molecular formula is C13H19ClN2O3. The number of phenolic OH excluding ortho intramolecular Hbond substituents is 1. The van der Waals surface area contributed by atoms with E-state index in [-0.39, 0.29) is 5.75 Å². The first kappa shape index (κ1) is 15.6. The van der Waals surface area contributed by atoms with E-state index in [9.17, 15) is 9.90 Å². The molecule has 1 rings (SSSR count). The van der Waals surface area contributed by atoms with E-state index in [4.69, 9.17) is 16.7 Å². The number of rotatable bonds is 4. The summed E-state index contributed by atoms with van der Waals surface area (Å²) in [5.74, 6) is 0.114. The molecule has 0 saturated heterocycles. The van der Waals surface area contributed by atoms with Gasteiger partial charge in [0.2, 0.25) is 0 Å². The third-order valence-corrected chi connectivity index (χ3v) is 2.91. The lowest BCUT2D eigenvalue weighted by molar-refractivity contribution is 0.0648. The van der Waals surface area contributed by atoms with Crippen molar-refractivity contribution in [2.75, 3.05) is 6.54 Å². The Balaban J connectivity index is 2.60. The van der Waals surface area contributed by atoms with Crippen LogP contribution in [0.1, 0.15) is 26.3 Å². The van der Waals surface area contributed by atoms with Crippen molar-refractivity contribution in [1.29, 1.82) is 0 Å². The van der Waals surface area contributed by atoms with E-state index in [0.717, 1.165) is 5.56 Å². The largest absolute Gasteiger partial charge is 0.508 e. The van der Waals surface area contributed by atoms with Crippen molar-refractivity contribution >= 4 is 17.7 Å². The number of amides is 1. The summed E-state index contributed by atoms with van der Waals surface area (Å²) in [6.45, 7) is 5.86. The highest BCUT2D eigenvalue weighted by Gasteiger charge is 2.25.